The lowest BCUT2D eigenvalue weighted by Crippen LogP contribution is -2.20. The van der Waals surface area contributed by atoms with Crippen LogP contribution in [0.15, 0.2) is 24.3 Å². The van der Waals surface area contributed by atoms with Crippen molar-refractivity contribution in [1.82, 2.24) is 9.88 Å². The third kappa shape index (κ3) is 1.92. The van der Waals surface area contributed by atoms with Crippen LogP contribution in [0.2, 0.25) is 5.02 Å². The van der Waals surface area contributed by atoms with Crippen molar-refractivity contribution in [1.29, 1.82) is 0 Å². The Balaban J connectivity index is 2.39. The fourth-order valence-electron chi connectivity index (χ4n) is 2.89. The minimum Gasteiger partial charge on any atom is -0.477 e. The van der Waals surface area contributed by atoms with Crippen LogP contribution >= 0.6 is 11.6 Å². The standard InChI is InChI=1S/C15H15ClN2O2/c1-18-13-10(3-2-4-11(13)16)12(14(18)15(19)20)9-5-7-17-8-6-9/h2-5,17H,6-8H2,1H3,(H,19,20). The number of nitrogens with zero attached hydrogens (tertiary/aromatic N) is 1. The Hall–Kier alpha value is -1.78. The number of nitrogens with one attached hydrogen (secondary N) is 1. The Morgan fingerprint density at radius 2 is 2.25 bits per heavy atom. The number of rotatable bonds is 2. The molecule has 2 heterocycles. The van der Waals surface area contributed by atoms with Crippen LogP contribution in [0.3, 0.4) is 0 Å². The van der Waals surface area contributed by atoms with Crippen LogP contribution in [0, 0.1) is 0 Å². The highest BCUT2D eigenvalue weighted by Crippen LogP contribution is 2.36. The van der Waals surface area contributed by atoms with Gasteiger partial charge < -0.3 is 15.0 Å². The quantitative estimate of drug-likeness (QED) is 0.894. The predicted molar refractivity (Wildman–Crippen MR) is 80.4 cm³/mol. The van der Waals surface area contributed by atoms with Crippen molar-refractivity contribution >= 4 is 34.0 Å². The van der Waals surface area contributed by atoms with E-state index in [0.29, 0.717) is 10.7 Å². The van der Waals surface area contributed by atoms with Crippen LogP contribution in [-0.4, -0.2) is 28.7 Å². The van der Waals surface area contributed by atoms with Gasteiger partial charge in [-0.25, -0.2) is 4.79 Å². The van der Waals surface area contributed by atoms with E-state index < -0.39 is 5.97 Å². The molecule has 0 amide bonds. The third-order valence-electron chi connectivity index (χ3n) is 3.75. The number of hydrogen-bond acceptors (Lipinski definition) is 2. The van der Waals surface area contributed by atoms with Gasteiger partial charge in [0.2, 0.25) is 0 Å². The van der Waals surface area contributed by atoms with Gasteiger partial charge in [0, 0.05) is 24.5 Å². The van der Waals surface area contributed by atoms with Crippen LogP contribution in [0.5, 0.6) is 0 Å². The van der Waals surface area contributed by atoms with E-state index in [1.165, 1.54) is 0 Å². The van der Waals surface area contributed by atoms with E-state index in [0.717, 1.165) is 41.5 Å². The number of benzene rings is 1. The molecule has 0 unspecified atom stereocenters. The minimum atomic E-state index is -0.922. The summed E-state index contributed by atoms with van der Waals surface area (Å²) in [5.74, 6) is -0.922. The number of halogens is 1. The average Bonchev–Trinajstić information content (AvgIpc) is 2.74. The highest BCUT2D eigenvalue weighted by Gasteiger charge is 2.24. The van der Waals surface area contributed by atoms with Crippen LogP contribution < -0.4 is 5.32 Å². The molecule has 2 N–H and O–H groups in total. The summed E-state index contributed by atoms with van der Waals surface area (Å²) in [5.41, 5.74) is 2.97. The van der Waals surface area contributed by atoms with Gasteiger partial charge in [0.1, 0.15) is 5.69 Å². The molecule has 1 aromatic carbocycles. The highest BCUT2D eigenvalue weighted by atomic mass is 35.5. The molecule has 1 aliphatic heterocycles. The van der Waals surface area contributed by atoms with Crippen LogP contribution in [0.4, 0.5) is 0 Å². The monoisotopic (exact) mass is 290 g/mol. The number of carbonyl (C=O) groups is 1. The first-order valence-electron chi connectivity index (χ1n) is 6.51. The molecule has 3 rings (SSSR count). The molecule has 0 aliphatic carbocycles. The van der Waals surface area contributed by atoms with Crippen molar-refractivity contribution in [3.05, 3.63) is 40.6 Å². The SMILES string of the molecule is Cn1c(C(=O)O)c(C2=CCNCC2)c2cccc(Cl)c21. The molecule has 1 aromatic heterocycles. The molecule has 1 aliphatic rings. The molecule has 20 heavy (non-hydrogen) atoms. The van der Waals surface area contributed by atoms with Crippen LogP contribution in [0.1, 0.15) is 22.5 Å². The lowest BCUT2D eigenvalue weighted by Gasteiger charge is -2.14. The van der Waals surface area contributed by atoms with Gasteiger partial charge in [-0.05, 0) is 24.6 Å². The topological polar surface area (TPSA) is 54.3 Å². The second kappa shape index (κ2) is 4.96. The normalized spacial score (nSPS) is 15.4. The molecular formula is C15H15ClN2O2. The van der Waals surface area contributed by atoms with Gasteiger partial charge in [-0.3, -0.25) is 0 Å². The first-order valence-corrected chi connectivity index (χ1v) is 6.89. The van der Waals surface area contributed by atoms with Crippen molar-refractivity contribution in [2.75, 3.05) is 13.1 Å². The van der Waals surface area contributed by atoms with Crippen LogP contribution in [0.25, 0.3) is 16.5 Å². The van der Waals surface area contributed by atoms with E-state index in [-0.39, 0.29) is 0 Å². The number of carboxylic acid groups (broad SMARTS) is 1. The van der Waals surface area contributed by atoms with Gasteiger partial charge in [-0.2, -0.15) is 0 Å². The number of aromatic carboxylic acids is 1. The van der Waals surface area contributed by atoms with E-state index in [2.05, 4.69) is 11.4 Å². The molecular weight excluding hydrogens is 276 g/mol. The molecule has 2 aromatic rings. The Bertz CT molecular complexity index is 731. The van der Waals surface area contributed by atoms with Gasteiger partial charge in [0.05, 0.1) is 10.5 Å². The van der Waals surface area contributed by atoms with E-state index in [4.69, 9.17) is 11.6 Å². The van der Waals surface area contributed by atoms with Gasteiger partial charge in [-0.1, -0.05) is 29.8 Å². The molecule has 0 atom stereocenters. The second-order valence-electron chi connectivity index (χ2n) is 4.91. The lowest BCUT2D eigenvalue weighted by molar-refractivity contribution is 0.0686. The summed E-state index contributed by atoms with van der Waals surface area (Å²) in [6.07, 6.45) is 2.89. The first-order chi connectivity index (χ1) is 9.61. The van der Waals surface area contributed by atoms with Crippen molar-refractivity contribution in [2.24, 2.45) is 7.05 Å². The molecule has 104 valence electrons. The number of fused-ring (bicyclic) bond motifs is 1. The maximum Gasteiger partial charge on any atom is 0.353 e. The Morgan fingerprint density at radius 3 is 2.90 bits per heavy atom. The number of aryl methyl sites for hydroxylation is 1. The molecule has 4 nitrogen and oxygen atoms in total. The summed E-state index contributed by atoms with van der Waals surface area (Å²) in [4.78, 5) is 11.7. The summed E-state index contributed by atoms with van der Waals surface area (Å²) < 4.78 is 1.68. The fourth-order valence-corrected chi connectivity index (χ4v) is 3.19. The highest BCUT2D eigenvalue weighted by molar-refractivity contribution is 6.35. The average molecular weight is 291 g/mol. The fraction of sp³-hybridized carbons (Fsp3) is 0.267. The number of para-hydroxylation sites is 1. The van der Waals surface area contributed by atoms with Crippen molar-refractivity contribution in [3.8, 4) is 0 Å². The molecule has 0 bridgehead atoms. The molecule has 0 saturated carbocycles. The molecule has 5 heteroatoms. The maximum absolute atomic E-state index is 11.7. The smallest absolute Gasteiger partial charge is 0.353 e. The molecule has 0 saturated heterocycles. The molecule has 0 fully saturated rings. The largest absolute Gasteiger partial charge is 0.477 e. The third-order valence-corrected chi connectivity index (χ3v) is 4.06. The molecule has 0 radical (unpaired) electrons. The maximum atomic E-state index is 11.7. The molecule has 0 spiro atoms. The zero-order chi connectivity index (χ0) is 14.3. The summed E-state index contributed by atoms with van der Waals surface area (Å²) in [5, 5.41) is 14.3. The lowest BCUT2D eigenvalue weighted by atomic mass is 9.97. The zero-order valence-electron chi connectivity index (χ0n) is 11.1. The van der Waals surface area contributed by atoms with Gasteiger partial charge >= 0.3 is 5.97 Å². The van der Waals surface area contributed by atoms with Gasteiger partial charge in [0.25, 0.3) is 0 Å². The number of aromatic nitrogens is 1. The van der Waals surface area contributed by atoms with Crippen LogP contribution in [-0.2, 0) is 7.05 Å². The van der Waals surface area contributed by atoms with E-state index in [9.17, 15) is 9.90 Å². The van der Waals surface area contributed by atoms with Crippen molar-refractivity contribution in [2.45, 2.75) is 6.42 Å². The summed E-state index contributed by atoms with van der Waals surface area (Å²) in [6, 6.07) is 5.59. The van der Waals surface area contributed by atoms with Gasteiger partial charge in [0.15, 0.2) is 0 Å². The first kappa shape index (κ1) is 13.2. The van der Waals surface area contributed by atoms with E-state index >= 15 is 0 Å². The Labute approximate surface area is 121 Å². The summed E-state index contributed by atoms with van der Waals surface area (Å²) >= 11 is 6.25. The Kier molecular flexibility index (Phi) is 3.28. The van der Waals surface area contributed by atoms with Gasteiger partial charge in [-0.15, -0.1) is 0 Å². The van der Waals surface area contributed by atoms with Crippen molar-refractivity contribution in [3.63, 3.8) is 0 Å². The zero-order valence-corrected chi connectivity index (χ0v) is 11.9. The number of hydrogen-bond donors (Lipinski definition) is 2. The minimum absolute atomic E-state index is 0.307. The van der Waals surface area contributed by atoms with E-state index in [1.54, 1.807) is 17.7 Å². The summed E-state index contributed by atoms with van der Waals surface area (Å²) in [6.45, 7) is 1.63. The Morgan fingerprint density at radius 1 is 1.45 bits per heavy atom. The van der Waals surface area contributed by atoms with E-state index in [1.807, 2.05) is 12.1 Å². The summed E-state index contributed by atoms with van der Waals surface area (Å²) in [7, 11) is 1.75. The second-order valence-corrected chi connectivity index (χ2v) is 5.31. The van der Waals surface area contributed by atoms with Crippen molar-refractivity contribution < 1.29 is 9.90 Å². The number of carboxylic acids is 1. The predicted octanol–water partition coefficient (Wildman–Crippen LogP) is 2.91.